The number of hydrogen-bond acceptors (Lipinski definition) is 5. The van der Waals surface area contributed by atoms with E-state index in [4.69, 9.17) is 3.83 Å². The Labute approximate surface area is 210 Å². The number of hydrogen-bond donors (Lipinski definition) is 1. The van der Waals surface area contributed by atoms with E-state index in [1.54, 1.807) is 24.3 Å². The number of carbonyl (C=O) groups is 1. The van der Waals surface area contributed by atoms with E-state index in [9.17, 15) is 18.0 Å². The minimum atomic E-state index is -3.99. The van der Waals surface area contributed by atoms with Crippen molar-refractivity contribution in [3.8, 4) is 11.4 Å². The predicted molar refractivity (Wildman–Crippen MR) is 134 cm³/mol. The molecule has 0 atom stereocenters. The molecule has 0 fully saturated rings. The number of aromatic amines is 1. The van der Waals surface area contributed by atoms with Gasteiger partial charge in [-0.15, -0.1) is 0 Å². The quantitative estimate of drug-likeness (QED) is 0.390. The molecule has 0 radical (unpaired) electrons. The Kier molecular flexibility index (Phi) is 5.98. The van der Waals surface area contributed by atoms with E-state index in [-0.39, 0.29) is 9.79 Å². The molecule has 9 heteroatoms. The maximum Gasteiger partial charge on any atom is 0.366 e. The molecule has 0 saturated carbocycles. The highest BCUT2D eigenvalue weighted by Gasteiger charge is 2.30. The molecule has 0 aliphatic heterocycles. The number of pyridine rings is 1. The van der Waals surface area contributed by atoms with E-state index in [1.165, 1.54) is 18.2 Å². The number of aromatic nitrogens is 2. The number of rotatable bonds is 5. The maximum atomic E-state index is 13.2. The van der Waals surface area contributed by atoms with E-state index in [0.29, 0.717) is 42.0 Å². The first kappa shape index (κ1) is 23.3. The Hall–Kier alpha value is -3.43. The van der Waals surface area contributed by atoms with Gasteiger partial charge in [0.15, 0.2) is 16.3 Å². The normalized spacial score (nSPS) is 12.6. The third kappa shape index (κ3) is 4.04. The second-order valence-electron chi connectivity index (χ2n) is 8.46. The van der Waals surface area contributed by atoms with Gasteiger partial charge in [-0.25, -0.2) is 13.2 Å². The number of carbonyl (C=O) groups excluding carboxylic acids is 1. The lowest BCUT2D eigenvalue weighted by molar-refractivity contribution is 0.0771. The first-order chi connectivity index (χ1) is 16.8. The Morgan fingerprint density at radius 3 is 2.43 bits per heavy atom. The molecule has 2 aromatic heterocycles. The summed E-state index contributed by atoms with van der Waals surface area (Å²) >= 11 is 2.79. The van der Waals surface area contributed by atoms with Gasteiger partial charge in [-0.1, -0.05) is 42.5 Å². The van der Waals surface area contributed by atoms with Crippen LogP contribution in [-0.2, 0) is 33.1 Å². The molecular formula is C26H21BrN2O5S. The molecule has 5 rings (SSSR count). The van der Waals surface area contributed by atoms with Crippen molar-refractivity contribution in [3.63, 3.8) is 0 Å². The summed E-state index contributed by atoms with van der Waals surface area (Å²) in [6.45, 7) is 2.37. The highest BCUT2D eigenvalue weighted by atomic mass is 79.9. The van der Waals surface area contributed by atoms with Crippen molar-refractivity contribution in [2.75, 3.05) is 0 Å². The molecule has 178 valence electrons. The molecule has 0 bridgehead atoms. The maximum absolute atomic E-state index is 13.2. The van der Waals surface area contributed by atoms with Crippen LogP contribution in [0.2, 0.25) is 0 Å². The standard InChI is InChI=1S/C26H21BrN2O5S/c1-16-7-5-6-8-19(16)15-29-21(26(31)34-27)13-18-12-11-17-14-22(25(30)28-23(17)24(18)29)35(32,33)20-9-3-2-4-10-20/h2-10,13-14H,11-12,15H2,1H3,(H,28,30). The van der Waals surface area contributed by atoms with Crippen LogP contribution in [0.3, 0.4) is 0 Å². The molecule has 1 aliphatic rings. The van der Waals surface area contributed by atoms with E-state index in [1.807, 2.05) is 35.8 Å². The van der Waals surface area contributed by atoms with Crippen LogP contribution in [0.4, 0.5) is 0 Å². The largest absolute Gasteiger partial charge is 0.379 e. The van der Waals surface area contributed by atoms with Crippen LogP contribution in [0.1, 0.15) is 32.7 Å². The summed E-state index contributed by atoms with van der Waals surface area (Å²) in [6, 6.07) is 19.0. The number of sulfone groups is 1. The summed E-state index contributed by atoms with van der Waals surface area (Å²) in [4.78, 5) is 28.3. The molecule has 0 amide bonds. The molecule has 4 aromatic rings. The zero-order valence-electron chi connectivity index (χ0n) is 18.7. The minimum Gasteiger partial charge on any atom is -0.379 e. The third-order valence-electron chi connectivity index (χ3n) is 6.38. The van der Waals surface area contributed by atoms with Crippen LogP contribution >= 0.6 is 16.3 Å². The summed E-state index contributed by atoms with van der Waals surface area (Å²) in [7, 11) is -3.99. The third-order valence-corrected chi connectivity index (χ3v) is 8.45. The molecule has 2 heterocycles. The van der Waals surface area contributed by atoms with Gasteiger partial charge < -0.3 is 13.4 Å². The van der Waals surface area contributed by atoms with E-state index >= 15 is 0 Å². The molecule has 7 nitrogen and oxygen atoms in total. The van der Waals surface area contributed by atoms with Crippen LogP contribution in [0.25, 0.3) is 11.4 Å². The molecular weight excluding hydrogens is 532 g/mol. The van der Waals surface area contributed by atoms with Crippen molar-refractivity contribution in [3.05, 3.63) is 105 Å². The number of halogens is 1. The van der Waals surface area contributed by atoms with Gasteiger partial charge in [-0.05, 0) is 66.3 Å². The van der Waals surface area contributed by atoms with Crippen molar-refractivity contribution in [2.45, 2.75) is 36.1 Å². The monoisotopic (exact) mass is 552 g/mol. The van der Waals surface area contributed by atoms with Crippen LogP contribution < -0.4 is 5.56 Å². The van der Waals surface area contributed by atoms with E-state index < -0.39 is 21.4 Å². The van der Waals surface area contributed by atoms with Gasteiger partial charge in [0.2, 0.25) is 9.84 Å². The van der Waals surface area contributed by atoms with Crippen molar-refractivity contribution >= 4 is 32.1 Å². The topological polar surface area (TPSA) is 98.2 Å². The number of nitrogens with zero attached hydrogens (tertiary/aromatic N) is 1. The van der Waals surface area contributed by atoms with Gasteiger partial charge in [0, 0.05) is 6.54 Å². The minimum absolute atomic E-state index is 0.0622. The second kappa shape index (κ2) is 8.98. The Balaban J connectivity index is 1.69. The van der Waals surface area contributed by atoms with E-state index in [2.05, 4.69) is 21.2 Å². The Morgan fingerprint density at radius 2 is 1.71 bits per heavy atom. The highest BCUT2D eigenvalue weighted by molar-refractivity contribution is 9.06. The van der Waals surface area contributed by atoms with Crippen molar-refractivity contribution in [2.24, 2.45) is 0 Å². The van der Waals surface area contributed by atoms with Gasteiger partial charge in [0.1, 0.15) is 10.6 Å². The first-order valence-corrected chi connectivity index (χ1v) is 13.1. The van der Waals surface area contributed by atoms with Gasteiger partial charge in [0.25, 0.3) is 5.56 Å². The molecule has 1 N–H and O–H groups in total. The fourth-order valence-electron chi connectivity index (χ4n) is 4.58. The molecule has 0 unspecified atom stereocenters. The van der Waals surface area contributed by atoms with Crippen molar-refractivity contribution < 1.29 is 17.0 Å². The number of fused-ring (bicyclic) bond motifs is 3. The van der Waals surface area contributed by atoms with Crippen LogP contribution in [0.5, 0.6) is 0 Å². The fourth-order valence-corrected chi connectivity index (χ4v) is 6.11. The molecule has 1 aliphatic carbocycles. The summed E-state index contributed by atoms with van der Waals surface area (Å²) in [5.74, 6) is -0.555. The zero-order valence-corrected chi connectivity index (χ0v) is 21.1. The van der Waals surface area contributed by atoms with Crippen molar-refractivity contribution in [1.82, 2.24) is 9.55 Å². The lowest BCUT2D eigenvalue weighted by Gasteiger charge is -2.21. The summed E-state index contributed by atoms with van der Waals surface area (Å²) < 4.78 is 33.0. The zero-order chi connectivity index (χ0) is 24.7. The number of benzene rings is 2. The summed E-state index contributed by atoms with van der Waals surface area (Å²) in [5.41, 5.74) is 4.49. The second-order valence-corrected chi connectivity index (χ2v) is 10.7. The molecule has 2 aromatic carbocycles. The summed E-state index contributed by atoms with van der Waals surface area (Å²) in [6.07, 6.45) is 1.11. The van der Waals surface area contributed by atoms with E-state index in [0.717, 1.165) is 16.7 Å². The Morgan fingerprint density at radius 1 is 1.03 bits per heavy atom. The number of H-pyrrole nitrogens is 1. The first-order valence-electron chi connectivity index (χ1n) is 11.0. The molecule has 35 heavy (non-hydrogen) atoms. The van der Waals surface area contributed by atoms with Crippen LogP contribution in [-0.4, -0.2) is 23.9 Å². The average molecular weight is 553 g/mol. The average Bonchev–Trinajstić information content (AvgIpc) is 3.23. The van der Waals surface area contributed by atoms with Gasteiger partial charge in [-0.3, -0.25) is 4.79 Å². The predicted octanol–water partition coefficient (Wildman–Crippen LogP) is 4.60. The Bertz CT molecular complexity index is 1620. The van der Waals surface area contributed by atoms with Crippen LogP contribution in [0.15, 0.2) is 81.3 Å². The van der Waals surface area contributed by atoms with Gasteiger partial charge in [0.05, 0.1) is 16.3 Å². The fraction of sp³-hybridized carbons (Fsp3) is 0.154. The SMILES string of the molecule is Cc1ccccc1Cn1c(C(=O)OBr)cc2c1-c1[nH]c(=O)c(S(=O)(=O)c3ccccc3)cc1CC2. The van der Waals surface area contributed by atoms with Crippen LogP contribution in [0, 0.1) is 6.92 Å². The number of nitrogens with one attached hydrogen (secondary N) is 1. The lowest BCUT2D eigenvalue weighted by Crippen LogP contribution is -2.22. The highest BCUT2D eigenvalue weighted by Crippen LogP contribution is 2.36. The molecule has 0 saturated heterocycles. The van der Waals surface area contributed by atoms with Gasteiger partial charge in [-0.2, -0.15) is 0 Å². The lowest BCUT2D eigenvalue weighted by atomic mass is 9.94. The van der Waals surface area contributed by atoms with Crippen molar-refractivity contribution in [1.29, 1.82) is 0 Å². The molecule has 0 spiro atoms. The smallest absolute Gasteiger partial charge is 0.366 e. The number of aryl methyl sites for hydroxylation is 3. The summed E-state index contributed by atoms with van der Waals surface area (Å²) in [5, 5.41) is 0. The van der Waals surface area contributed by atoms with Gasteiger partial charge >= 0.3 is 5.97 Å².